The largest absolute Gasteiger partial charge is 0.392 e. The highest BCUT2D eigenvalue weighted by atomic mass is 19.4. The van der Waals surface area contributed by atoms with E-state index < -0.39 is 12.6 Å². The summed E-state index contributed by atoms with van der Waals surface area (Å²) in [5, 5.41) is 0. The van der Waals surface area contributed by atoms with Crippen LogP contribution in [0.3, 0.4) is 0 Å². The first-order valence-corrected chi connectivity index (χ1v) is 3.97. The molecule has 1 aliphatic rings. The molecule has 1 rings (SSSR count). The van der Waals surface area contributed by atoms with Gasteiger partial charge < -0.3 is 5.73 Å². The fourth-order valence-electron chi connectivity index (χ4n) is 1.36. The van der Waals surface area contributed by atoms with Gasteiger partial charge >= 0.3 is 6.18 Å². The molecule has 1 fully saturated rings. The third-order valence-electron chi connectivity index (χ3n) is 1.98. The van der Waals surface area contributed by atoms with E-state index in [0.717, 1.165) is 18.4 Å². The lowest BCUT2D eigenvalue weighted by Crippen LogP contribution is -2.13. The standard InChI is InChI=1S/C8H12F3N/c9-8(10,11)4-3-6-1-2-7(12)5-6/h3,7H,1-2,4-5,12H2. The normalized spacial score (nSPS) is 28.3. The number of hydrogen-bond donors (Lipinski definition) is 1. The molecule has 2 N–H and O–H groups in total. The van der Waals surface area contributed by atoms with E-state index in [2.05, 4.69) is 0 Å². The lowest BCUT2D eigenvalue weighted by Gasteiger charge is -2.02. The van der Waals surface area contributed by atoms with Crippen molar-refractivity contribution < 1.29 is 13.2 Å². The molecule has 70 valence electrons. The van der Waals surface area contributed by atoms with Gasteiger partial charge in [0.1, 0.15) is 0 Å². The Morgan fingerprint density at radius 1 is 1.50 bits per heavy atom. The summed E-state index contributed by atoms with van der Waals surface area (Å²) < 4.78 is 35.2. The van der Waals surface area contributed by atoms with Crippen LogP contribution < -0.4 is 5.73 Å². The fourth-order valence-corrected chi connectivity index (χ4v) is 1.36. The molecule has 0 saturated heterocycles. The monoisotopic (exact) mass is 179 g/mol. The maximum absolute atomic E-state index is 11.7. The van der Waals surface area contributed by atoms with Crippen LogP contribution >= 0.6 is 0 Å². The molecule has 0 spiro atoms. The molecule has 0 bridgehead atoms. The van der Waals surface area contributed by atoms with Crippen LogP contribution in [-0.2, 0) is 0 Å². The van der Waals surface area contributed by atoms with Crippen LogP contribution in [0.4, 0.5) is 13.2 Å². The summed E-state index contributed by atoms with van der Waals surface area (Å²) >= 11 is 0. The Hall–Kier alpha value is -0.510. The summed E-state index contributed by atoms with van der Waals surface area (Å²) in [4.78, 5) is 0. The minimum Gasteiger partial charge on any atom is -0.327 e. The molecule has 1 unspecified atom stereocenters. The molecule has 4 heteroatoms. The Balaban J connectivity index is 2.38. The SMILES string of the molecule is NC1CCC(=CCC(F)(F)F)C1. The van der Waals surface area contributed by atoms with E-state index in [-0.39, 0.29) is 6.04 Å². The summed E-state index contributed by atoms with van der Waals surface area (Å²) in [7, 11) is 0. The smallest absolute Gasteiger partial charge is 0.327 e. The fraction of sp³-hybridized carbons (Fsp3) is 0.750. The molecule has 0 radical (unpaired) electrons. The topological polar surface area (TPSA) is 26.0 Å². The Kier molecular flexibility index (Phi) is 2.77. The molecular weight excluding hydrogens is 167 g/mol. The molecule has 0 heterocycles. The quantitative estimate of drug-likeness (QED) is 0.614. The van der Waals surface area contributed by atoms with Crippen LogP contribution in [0.2, 0.25) is 0 Å². The second kappa shape index (κ2) is 3.47. The lowest BCUT2D eigenvalue weighted by molar-refractivity contribution is -0.125. The average Bonchev–Trinajstić information content (AvgIpc) is 2.30. The van der Waals surface area contributed by atoms with Gasteiger partial charge in [-0.3, -0.25) is 0 Å². The van der Waals surface area contributed by atoms with Crippen molar-refractivity contribution in [3.8, 4) is 0 Å². The Labute approximate surface area is 69.4 Å². The number of allylic oxidation sites excluding steroid dienone is 1. The van der Waals surface area contributed by atoms with Gasteiger partial charge in [0, 0.05) is 6.04 Å². The number of hydrogen-bond acceptors (Lipinski definition) is 1. The van der Waals surface area contributed by atoms with E-state index in [1.165, 1.54) is 6.08 Å². The molecule has 0 aromatic rings. The molecular formula is C8H12F3N. The Morgan fingerprint density at radius 3 is 2.58 bits per heavy atom. The van der Waals surface area contributed by atoms with Crippen LogP contribution in [0.5, 0.6) is 0 Å². The zero-order valence-corrected chi connectivity index (χ0v) is 6.69. The molecule has 1 saturated carbocycles. The number of halogens is 3. The van der Waals surface area contributed by atoms with Crippen molar-refractivity contribution in [1.29, 1.82) is 0 Å². The van der Waals surface area contributed by atoms with Gasteiger partial charge in [-0.15, -0.1) is 0 Å². The van der Waals surface area contributed by atoms with E-state index in [1.807, 2.05) is 0 Å². The molecule has 1 nitrogen and oxygen atoms in total. The van der Waals surface area contributed by atoms with Gasteiger partial charge in [0.15, 0.2) is 0 Å². The molecule has 0 aromatic carbocycles. The second-order valence-electron chi connectivity index (χ2n) is 3.18. The molecule has 0 amide bonds. The third kappa shape index (κ3) is 3.26. The number of alkyl halides is 3. The Morgan fingerprint density at radius 2 is 2.17 bits per heavy atom. The van der Waals surface area contributed by atoms with E-state index in [9.17, 15) is 13.2 Å². The third-order valence-corrected chi connectivity index (χ3v) is 1.98. The van der Waals surface area contributed by atoms with E-state index >= 15 is 0 Å². The van der Waals surface area contributed by atoms with Crippen molar-refractivity contribution in [3.05, 3.63) is 11.6 Å². The van der Waals surface area contributed by atoms with Gasteiger partial charge in [0.05, 0.1) is 6.42 Å². The van der Waals surface area contributed by atoms with Crippen molar-refractivity contribution in [3.63, 3.8) is 0 Å². The van der Waals surface area contributed by atoms with Crippen molar-refractivity contribution >= 4 is 0 Å². The van der Waals surface area contributed by atoms with Gasteiger partial charge in [0.25, 0.3) is 0 Å². The van der Waals surface area contributed by atoms with Crippen molar-refractivity contribution in [1.82, 2.24) is 0 Å². The first kappa shape index (κ1) is 9.58. The molecule has 1 atom stereocenters. The van der Waals surface area contributed by atoms with Crippen molar-refractivity contribution in [2.45, 2.75) is 37.9 Å². The highest BCUT2D eigenvalue weighted by Crippen LogP contribution is 2.27. The molecule has 0 aromatic heterocycles. The first-order chi connectivity index (χ1) is 5.47. The highest BCUT2D eigenvalue weighted by Gasteiger charge is 2.26. The van der Waals surface area contributed by atoms with E-state index in [4.69, 9.17) is 5.73 Å². The maximum atomic E-state index is 11.7. The first-order valence-electron chi connectivity index (χ1n) is 3.97. The van der Waals surface area contributed by atoms with Crippen LogP contribution in [0.25, 0.3) is 0 Å². The van der Waals surface area contributed by atoms with E-state index in [1.54, 1.807) is 0 Å². The predicted molar refractivity (Wildman–Crippen MR) is 40.6 cm³/mol. The summed E-state index contributed by atoms with van der Waals surface area (Å²) in [6, 6.07) is 0.0736. The predicted octanol–water partition coefficient (Wildman–Crippen LogP) is 2.38. The number of nitrogens with two attached hydrogens (primary N) is 1. The van der Waals surface area contributed by atoms with Crippen LogP contribution in [0.15, 0.2) is 11.6 Å². The number of rotatable bonds is 1. The van der Waals surface area contributed by atoms with Crippen LogP contribution in [0.1, 0.15) is 25.7 Å². The minimum atomic E-state index is -4.07. The van der Waals surface area contributed by atoms with Crippen LogP contribution in [-0.4, -0.2) is 12.2 Å². The van der Waals surface area contributed by atoms with Gasteiger partial charge in [-0.05, 0) is 19.3 Å². The van der Waals surface area contributed by atoms with Crippen molar-refractivity contribution in [2.24, 2.45) is 5.73 Å². The van der Waals surface area contributed by atoms with Crippen LogP contribution in [0, 0.1) is 0 Å². The summed E-state index contributed by atoms with van der Waals surface area (Å²) in [6.07, 6.45) is -1.42. The van der Waals surface area contributed by atoms with Crippen molar-refractivity contribution in [2.75, 3.05) is 0 Å². The summed E-state index contributed by atoms with van der Waals surface area (Å²) in [5.41, 5.74) is 6.40. The van der Waals surface area contributed by atoms with Gasteiger partial charge in [-0.1, -0.05) is 11.6 Å². The second-order valence-corrected chi connectivity index (χ2v) is 3.18. The lowest BCUT2D eigenvalue weighted by atomic mass is 10.2. The van der Waals surface area contributed by atoms with Gasteiger partial charge in [-0.25, -0.2) is 0 Å². The zero-order chi connectivity index (χ0) is 9.19. The zero-order valence-electron chi connectivity index (χ0n) is 6.69. The van der Waals surface area contributed by atoms with E-state index in [0.29, 0.717) is 6.42 Å². The van der Waals surface area contributed by atoms with Gasteiger partial charge in [-0.2, -0.15) is 13.2 Å². The summed E-state index contributed by atoms with van der Waals surface area (Å²) in [6.45, 7) is 0. The minimum absolute atomic E-state index is 0.0736. The molecule has 1 aliphatic carbocycles. The average molecular weight is 179 g/mol. The maximum Gasteiger partial charge on any atom is 0.392 e. The molecule has 0 aliphatic heterocycles. The highest BCUT2D eigenvalue weighted by molar-refractivity contribution is 5.10. The Bertz CT molecular complexity index is 183. The summed E-state index contributed by atoms with van der Waals surface area (Å²) in [5.74, 6) is 0. The van der Waals surface area contributed by atoms with Gasteiger partial charge in [0.2, 0.25) is 0 Å². The molecule has 12 heavy (non-hydrogen) atoms.